The van der Waals surface area contributed by atoms with Gasteiger partial charge in [-0.25, -0.2) is 4.57 Å². The summed E-state index contributed by atoms with van der Waals surface area (Å²) in [4.78, 5) is 16.9. The Kier molecular flexibility index (Phi) is 4.78. The zero-order valence-corrected chi connectivity index (χ0v) is 14.3. The SMILES string of the molecule is O=c1c2ccccc2c(C=NCCO)c(O)n1-c1ccc(Br)cc1. The molecule has 24 heavy (non-hydrogen) atoms. The molecule has 0 aliphatic rings. The summed E-state index contributed by atoms with van der Waals surface area (Å²) in [7, 11) is 0. The molecular weight excluding hydrogens is 372 g/mol. The molecule has 0 bridgehead atoms. The Morgan fingerprint density at radius 3 is 2.42 bits per heavy atom. The molecule has 2 aromatic carbocycles. The Balaban J connectivity index is 2.33. The summed E-state index contributed by atoms with van der Waals surface area (Å²) in [6.07, 6.45) is 1.49. The van der Waals surface area contributed by atoms with E-state index in [-0.39, 0.29) is 24.6 Å². The van der Waals surface area contributed by atoms with E-state index in [2.05, 4.69) is 20.9 Å². The monoisotopic (exact) mass is 386 g/mol. The average molecular weight is 387 g/mol. The van der Waals surface area contributed by atoms with Crippen LogP contribution in [0.25, 0.3) is 16.5 Å². The topological polar surface area (TPSA) is 74.8 Å². The van der Waals surface area contributed by atoms with E-state index in [1.807, 2.05) is 0 Å². The minimum absolute atomic E-state index is 0.0818. The Hall–Kier alpha value is -2.44. The van der Waals surface area contributed by atoms with Crippen LogP contribution in [0.3, 0.4) is 0 Å². The van der Waals surface area contributed by atoms with E-state index in [0.717, 1.165) is 4.47 Å². The molecule has 0 radical (unpaired) electrons. The molecule has 0 unspecified atom stereocenters. The van der Waals surface area contributed by atoms with Crippen molar-refractivity contribution in [1.82, 2.24) is 4.57 Å². The summed E-state index contributed by atoms with van der Waals surface area (Å²) in [6.45, 7) is 0.146. The van der Waals surface area contributed by atoms with Gasteiger partial charge in [-0.3, -0.25) is 9.79 Å². The largest absolute Gasteiger partial charge is 0.494 e. The summed E-state index contributed by atoms with van der Waals surface area (Å²) in [5.41, 5.74) is 0.703. The van der Waals surface area contributed by atoms with Crippen molar-refractivity contribution in [2.24, 2.45) is 4.99 Å². The lowest BCUT2D eigenvalue weighted by Crippen LogP contribution is -2.20. The van der Waals surface area contributed by atoms with E-state index < -0.39 is 0 Å². The van der Waals surface area contributed by atoms with E-state index in [0.29, 0.717) is 22.0 Å². The van der Waals surface area contributed by atoms with E-state index in [1.54, 1.807) is 48.5 Å². The Labute approximate surface area is 146 Å². The van der Waals surface area contributed by atoms with Crippen molar-refractivity contribution in [1.29, 1.82) is 0 Å². The maximum Gasteiger partial charge on any atom is 0.265 e. The summed E-state index contributed by atoms with van der Waals surface area (Å²) in [5, 5.41) is 20.7. The fourth-order valence-electron chi connectivity index (χ4n) is 2.53. The maximum atomic E-state index is 12.8. The molecule has 0 spiro atoms. The van der Waals surface area contributed by atoms with Crippen LogP contribution in [0.2, 0.25) is 0 Å². The zero-order valence-electron chi connectivity index (χ0n) is 12.7. The zero-order chi connectivity index (χ0) is 17.1. The van der Waals surface area contributed by atoms with Gasteiger partial charge in [-0.05, 0) is 30.3 Å². The third-order valence-electron chi connectivity index (χ3n) is 3.64. The maximum absolute atomic E-state index is 12.8. The van der Waals surface area contributed by atoms with Gasteiger partial charge in [-0.2, -0.15) is 0 Å². The highest BCUT2D eigenvalue weighted by Gasteiger charge is 2.15. The van der Waals surface area contributed by atoms with Gasteiger partial charge < -0.3 is 10.2 Å². The number of fused-ring (bicyclic) bond motifs is 1. The van der Waals surface area contributed by atoms with Crippen LogP contribution in [0, 0.1) is 0 Å². The molecule has 0 fully saturated rings. The normalized spacial score (nSPS) is 11.4. The van der Waals surface area contributed by atoms with Crippen LogP contribution in [0.5, 0.6) is 5.88 Å². The van der Waals surface area contributed by atoms with E-state index >= 15 is 0 Å². The average Bonchev–Trinajstić information content (AvgIpc) is 2.60. The number of hydrogen-bond donors (Lipinski definition) is 2. The van der Waals surface area contributed by atoms with Crippen molar-refractivity contribution in [3.8, 4) is 11.6 Å². The number of aromatic hydroxyl groups is 1. The first-order valence-corrected chi connectivity index (χ1v) is 8.16. The summed E-state index contributed by atoms with van der Waals surface area (Å²) in [6, 6.07) is 14.2. The molecule has 0 aliphatic heterocycles. The van der Waals surface area contributed by atoms with Gasteiger partial charge in [0.25, 0.3) is 5.56 Å². The number of hydrogen-bond acceptors (Lipinski definition) is 4. The summed E-state index contributed by atoms with van der Waals surface area (Å²) in [5.74, 6) is -0.178. The van der Waals surface area contributed by atoms with Gasteiger partial charge in [-0.1, -0.05) is 34.1 Å². The summed E-state index contributed by atoms with van der Waals surface area (Å²) >= 11 is 3.36. The molecule has 0 aliphatic carbocycles. The number of benzene rings is 2. The number of aliphatic hydroxyl groups is 1. The van der Waals surface area contributed by atoms with Gasteiger partial charge in [-0.15, -0.1) is 0 Å². The molecule has 2 N–H and O–H groups in total. The van der Waals surface area contributed by atoms with Crippen molar-refractivity contribution < 1.29 is 10.2 Å². The number of pyridine rings is 1. The minimum Gasteiger partial charge on any atom is -0.494 e. The van der Waals surface area contributed by atoms with Gasteiger partial charge in [0.2, 0.25) is 5.88 Å². The molecule has 3 aromatic rings. The van der Waals surface area contributed by atoms with Crippen molar-refractivity contribution in [2.75, 3.05) is 13.2 Å². The fourth-order valence-corrected chi connectivity index (χ4v) is 2.80. The molecule has 3 rings (SSSR count). The molecule has 6 heteroatoms. The summed E-state index contributed by atoms with van der Waals surface area (Å²) < 4.78 is 2.14. The van der Waals surface area contributed by atoms with Gasteiger partial charge in [0.1, 0.15) is 0 Å². The third kappa shape index (κ3) is 2.98. The molecule has 0 atom stereocenters. The van der Waals surface area contributed by atoms with Crippen LogP contribution in [0.15, 0.2) is 62.8 Å². The molecule has 0 saturated carbocycles. The number of aliphatic hydroxyl groups excluding tert-OH is 1. The predicted molar refractivity (Wildman–Crippen MR) is 98.5 cm³/mol. The first kappa shape index (κ1) is 16.4. The van der Waals surface area contributed by atoms with Crippen LogP contribution in [-0.4, -0.2) is 34.1 Å². The number of halogens is 1. The molecular formula is C18H15BrN2O3. The molecule has 122 valence electrons. The standard InChI is InChI=1S/C18H15BrN2O3/c19-12-5-7-13(8-6-12)21-17(23)15-4-2-1-3-14(15)16(18(21)24)11-20-9-10-22/h1-8,11,22,24H,9-10H2. The van der Waals surface area contributed by atoms with Gasteiger partial charge in [0.15, 0.2) is 0 Å². The highest BCUT2D eigenvalue weighted by atomic mass is 79.9. The lowest BCUT2D eigenvalue weighted by molar-refractivity contribution is 0.307. The number of nitrogens with zero attached hydrogens (tertiary/aromatic N) is 2. The van der Waals surface area contributed by atoms with Crippen LogP contribution in [0.4, 0.5) is 0 Å². The minimum atomic E-state index is -0.301. The molecule has 1 aromatic heterocycles. The molecule has 0 saturated heterocycles. The number of aromatic nitrogens is 1. The van der Waals surface area contributed by atoms with E-state index in [9.17, 15) is 9.90 Å². The molecule has 0 amide bonds. The lowest BCUT2D eigenvalue weighted by atomic mass is 10.1. The van der Waals surface area contributed by atoms with Crippen molar-refractivity contribution in [2.45, 2.75) is 0 Å². The predicted octanol–water partition coefficient (Wildman–Crippen LogP) is 2.87. The second-order valence-corrected chi connectivity index (χ2v) is 6.07. The van der Waals surface area contributed by atoms with Crippen LogP contribution in [-0.2, 0) is 0 Å². The van der Waals surface area contributed by atoms with Crippen molar-refractivity contribution in [3.63, 3.8) is 0 Å². The third-order valence-corrected chi connectivity index (χ3v) is 4.17. The Bertz CT molecular complexity index is 962. The van der Waals surface area contributed by atoms with Crippen LogP contribution >= 0.6 is 15.9 Å². The molecule has 1 heterocycles. The second kappa shape index (κ2) is 6.98. The van der Waals surface area contributed by atoms with Crippen molar-refractivity contribution in [3.05, 3.63) is 68.9 Å². The Morgan fingerprint density at radius 1 is 1.08 bits per heavy atom. The Morgan fingerprint density at radius 2 is 1.75 bits per heavy atom. The first-order valence-electron chi connectivity index (χ1n) is 7.37. The van der Waals surface area contributed by atoms with Crippen LogP contribution < -0.4 is 5.56 Å². The molecule has 5 nitrogen and oxygen atoms in total. The lowest BCUT2D eigenvalue weighted by Gasteiger charge is -2.13. The van der Waals surface area contributed by atoms with Crippen LogP contribution in [0.1, 0.15) is 5.56 Å². The number of aliphatic imine (C=N–C) groups is 1. The highest BCUT2D eigenvalue weighted by molar-refractivity contribution is 9.10. The van der Waals surface area contributed by atoms with Crippen molar-refractivity contribution >= 4 is 32.9 Å². The first-order chi connectivity index (χ1) is 11.6. The van der Waals surface area contributed by atoms with Gasteiger partial charge in [0, 0.05) is 21.5 Å². The number of rotatable bonds is 4. The quantitative estimate of drug-likeness (QED) is 0.676. The smallest absolute Gasteiger partial charge is 0.265 e. The van der Waals surface area contributed by atoms with Gasteiger partial charge >= 0.3 is 0 Å². The highest BCUT2D eigenvalue weighted by Crippen LogP contribution is 2.26. The second-order valence-electron chi connectivity index (χ2n) is 5.16. The van der Waals surface area contributed by atoms with E-state index in [4.69, 9.17) is 5.11 Å². The fraction of sp³-hybridized carbons (Fsp3) is 0.111. The van der Waals surface area contributed by atoms with Gasteiger partial charge in [0.05, 0.1) is 24.4 Å². The van der Waals surface area contributed by atoms with E-state index in [1.165, 1.54) is 10.8 Å².